The minimum atomic E-state index is 0.171. The minimum Gasteiger partial charge on any atom is -0.395 e. The maximum absolute atomic E-state index is 9.21. The highest BCUT2D eigenvalue weighted by molar-refractivity contribution is 5.47. The quantitative estimate of drug-likeness (QED) is 0.646. The van der Waals surface area contributed by atoms with Gasteiger partial charge < -0.3 is 15.3 Å². The highest BCUT2D eigenvalue weighted by Gasteiger charge is 2.10. The Morgan fingerprint density at radius 3 is 2.65 bits per heavy atom. The summed E-state index contributed by atoms with van der Waals surface area (Å²) in [5, 5.41) is 12.6. The molecule has 0 aliphatic heterocycles. The first-order chi connectivity index (χ1) is 9.72. The Morgan fingerprint density at radius 1 is 1.25 bits per heavy atom. The third-order valence-corrected chi connectivity index (χ3v) is 3.31. The van der Waals surface area contributed by atoms with Crippen molar-refractivity contribution in [2.45, 2.75) is 46.6 Å². The van der Waals surface area contributed by atoms with Gasteiger partial charge in [-0.1, -0.05) is 20.3 Å². The maximum atomic E-state index is 9.21. The van der Waals surface area contributed by atoms with Gasteiger partial charge in [-0.3, -0.25) is 0 Å². The standard InChI is InChI=1S/C16H29N3O/c1-4-6-8-19(9-10-20)16-14(3)11-15(13-18-16)12-17-7-5-2/h11,13,17,20H,4-10,12H2,1-3H3. The largest absolute Gasteiger partial charge is 0.395 e. The van der Waals surface area contributed by atoms with Crippen LogP contribution in [0.5, 0.6) is 0 Å². The average molecular weight is 279 g/mol. The monoisotopic (exact) mass is 279 g/mol. The zero-order valence-electron chi connectivity index (χ0n) is 13.2. The number of aromatic nitrogens is 1. The Bertz CT molecular complexity index is 382. The van der Waals surface area contributed by atoms with Gasteiger partial charge in [0, 0.05) is 25.8 Å². The lowest BCUT2D eigenvalue weighted by Gasteiger charge is -2.24. The first-order valence-electron chi connectivity index (χ1n) is 7.74. The second-order valence-electron chi connectivity index (χ2n) is 5.23. The molecule has 0 amide bonds. The second kappa shape index (κ2) is 9.72. The molecule has 1 heterocycles. The number of pyridine rings is 1. The van der Waals surface area contributed by atoms with Gasteiger partial charge in [0.25, 0.3) is 0 Å². The van der Waals surface area contributed by atoms with E-state index < -0.39 is 0 Å². The molecule has 2 N–H and O–H groups in total. The van der Waals surface area contributed by atoms with Gasteiger partial charge in [0.1, 0.15) is 5.82 Å². The van der Waals surface area contributed by atoms with Crippen LogP contribution in [0.4, 0.5) is 5.82 Å². The molecule has 1 aromatic heterocycles. The molecule has 4 nitrogen and oxygen atoms in total. The number of aliphatic hydroxyl groups is 1. The molecule has 114 valence electrons. The Hall–Kier alpha value is -1.13. The first kappa shape index (κ1) is 16.9. The third kappa shape index (κ3) is 5.47. The maximum Gasteiger partial charge on any atom is 0.131 e. The van der Waals surface area contributed by atoms with E-state index in [2.05, 4.69) is 42.0 Å². The van der Waals surface area contributed by atoms with E-state index in [0.717, 1.165) is 44.7 Å². The SMILES string of the molecule is CCCCN(CCO)c1ncc(CNCCC)cc1C. The van der Waals surface area contributed by atoms with E-state index in [1.165, 1.54) is 11.1 Å². The van der Waals surface area contributed by atoms with Gasteiger partial charge in [0.05, 0.1) is 6.61 Å². The van der Waals surface area contributed by atoms with Crippen LogP contribution in [0.3, 0.4) is 0 Å². The van der Waals surface area contributed by atoms with Crippen molar-refractivity contribution in [1.29, 1.82) is 0 Å². The number of nitrogens with one attached hydrogen (secondary N) is 1. The van der Waals surface area contributed by atoms with Crippen LogP contribution >= 0.6 is 0 Å². The Kier molecular flexibility index (Phi) is 8.23. The number of aryl methyl sites for hydroxylation is 1. The van der Waals surface area contributed by atoms with Crippen molar-refractivity contribution in [3.8, 4) is 0 Å². The molecule has 0 bridgehead atoms. The molecule has 0 atom stereocenters. The minimum absolute atomic E-state index is 0.171. The summed E-state index contributed by atoms with van der Waals surface area (Å²) in [6, 6.07) is 2.20. The molecular formula is C16H29N3O. The van der Waals surface area contributed by atoms with Crippen LogP contribution in [0.25, 0.3) is 0 Å². The Morgan fingerprint density at radius 2 is 2.05 bits per heavy atom. The van der Waals surface area contributed by atoms with Gasteiger partial charge in [-0.15, -0.1) is 0 Å². The van der Waals surface area contributed by atoms with Gasteiger partial charge in [0.2, 0.25) is 0 Å². The molecule has 0 radical (unpaired) electrons. The van der Waals surface area contributed by atoms with Crippen molar-refractivity contribution < 1.29 is 5.11 Å². The van der Waals surface area contributed by atoms with Gasteiger partial charge in [-0.25, -0.2) is 4.98 Å². The van der Waals surface area contributed by atoms with E-state index in [-0.39, 0.29) is 6.61 Å². The lowest BCUT2D eigenvalue weighted by Crippen LogP contribution is -2.29. The summed E-state index contributed by atoms with van der Waals surface area (Å²) in [6.45, 7) is 10.1. The first-order valence-corrected chi connectivity index (χ1v) is 7.74. The molecule has 0 saturated carbocycles. The van der Waals surface area contributed by atoms with Crippen LogP contribution in [-0.4, -0.2) is 36.3 Å². The van der Waals surface area contributed by atoms with Gasteiger partial charge in [-0.05, 0) is 43.5 Å². The fraction of sp³-hybridized carbons (Fsp3) is 0.688. The lowest BCUT2D eigenvalue weighted by atomic mass is 10.2. The molecule has 1 rings (SSSR count). The van der Waals surface area contributed by atoms with E-state index >= 15 is 0 Å². The number of hydrogen-bond donors (Lipinski definition) is 2. The van der Waals surface area contributed by atoms with E-state index in [1.807, 2.05) is 6.20 Å². The van der Waals surface area contributed by atoms with E-state index in [4.69, 9.17) is 0 Å². The number of anilines is 1. The summed E-state index contributed by atoms with van der Waals surface area (Å²) < 4.78 is 0. The predicted molar refractivity (Wildman–Crippen MR) is 85.2 cm³/mol. The van der Waals surface area contributed by atoms with Crippen LogP contribution in [0.15, 0.2) is 12.3 Å². The summed E-state index contributed by atoms with van der Waals surface area (Å²) in [6.07, 6.45) is 5.37. The fourth-order valence-electron chi connectivity index (χ4n) is 2.26. The van der Waals surface area contributed by atoms with Crippen molar-refractivity contribution >= 4 is 5.82 Å². The summed E-state index contributed by atoms with van der Waals surface area (Å²) in [5.74, 6) is 1.01. The molecule has 1 aromatic rings. The number of rotatable bonds is 10. The summed E-state index contributed by atoms with van der Waals surface area (Å²) in [4.78, 5) is 6.79. The topological polar surface area (TPSA) is 48.4 Å². The number of aliphatic hydroxyl groups excluding tert-OH is 1. The van der Waals surface area contributed by atoms with Crippen LogP contribution in [0, 0.1) is 6.92 Å². The molecule has 0 unspecified atom stereocenters. The number of hydrogen-bond acceptors (Lipinski definition) is 4. The Balaban J connectivity index is 2.72. The van der Waals surface area contributed by atoms with E-state index in [1.54, 1.807) is 0 Å². The van der Waals surface area contributed by atoms with Gasteiger partial charge in [-0.2, -0.15) is 0 Å². The number of unbranched alkanes of at least 4 members (excludes halogenated alkanes) is 1. The average Bonchev–Trinajstić information content (AvgIpc) is 2.44. The van der Waals surface area contributed by atoms with Crippen molar-refractivity contribution in [3.05, 3.63) is 23.4 Å². The molecular weight excluding hydrogens is 250 g/mol. The highest BCUT2D eigenvalue weighted by atomic mass is 16.3. The summed E-state index contributed by atoms with van der Waals surface area (Å²) >= 11 is 0. The zero-order valence-corrected chi connectivity index (χ0v) is 13.2. The predicted octanol–water partition coefficient (Wildman–Crippen LogP) is 2.49. The Labute approximate surface area is 123 Å². The molecule has 4 heteroatoms. The van der Waals surface area contributed by atoms with Crippen LogP contribution in [0.2, 0.25) is 0 Å². The third-order valence-electron chi connectivity index (χ3n) is 3.31. The van der Waals surface area contributed by atoms with Crippen LogP contribution < -0.4 is 10.2 Å². The van der Waals surface area contributed by atoms with Crippen molar-refractivity contribution in [2.24, 2.45) is 0 Å². The summed E-state index contributed by atoms with van der Waals surface area (Å²) in [7, 11) is 0. The van der Waals surface area contributed by atoms with Crippen molar-refractivity contribution in [3.63, 3.8) is 0 Å². The number of nitrogens with zero attached hydrogens (tertiary/aromatic N) is 2. The van der Waals surface area contributed by atoms with Gasteiger partial charge >= 0.3 is 0 Å². The fourth-order valence-corrected chi connectivity index (χ4v) is 2.26. The molecule has 0 saturated heterocycles. The van der Waals surface area contributed by atoms with Crippen LogP contribution in [-0.2, 0) is 6.54 Å². The van der Waals surface area contributed by atoms with Crippen LogP contribution in [0.1, 0.15) is 44.2 Å². The molecule has 0 spiro atoms. The molecule has 20 heavy (non-hydrogen) atoms. The molecule has 0 aliphatic carbocycles. The second-order valence-corrected chi connectivity index (χ2v) is 5.23. The zero-order chi connectivity index (χ0) is 14.8. The molecule has 0 aromatic carbocycles. The smallest absolute Gasteiger partial charge is 0.131 e. The van der Waals surface area contributed by atoms with E-state index in [0.29, 0.717) is 6.54 Å². The van der Waals surface area contributed by atoms with Crippen molar-refractivity contribution in [1.82, 2.24) is 10.3 Å². The van der Waals surface area contributed by atoms with Crippen molar-refractivity contribution in [2.75, 3.05) is 31.1 Å². The molecule has 0 fully saturated rings. The molecule has 0 aliphatic rings. The summed E-state index contributed by atoms with van der Waals surface area (Å²) in [5.41, 5.74) is 2.41. The van der Waals surface area contributed by atoms with Gasteiger partial charge in [0.15, 0.2) is 0 Å². The van der Waals surface area contributed by atoms with E-state index in [9.17, 15) is 5.11 Å². The normalized spacial score (nSPS) is 10.8. The highest BCUT2D eigenvalue weighted by Crippen LogP contribution is 2.18. The lowest BCUT2D eigenvalue weighted by molar-refractivity contribution is 0.301.